The summed E-state index contributed by atoms with van der Waals surface area (Å²) in [5, 5.41) is 16.4. The number of rotatable bonds is 3. The fraction of sp³-hybridized carbons (Fsp3) is 0.267. The fourth-order valence-electron chi connectivity index (χ4n) is 2.60. The Morgan fingerprint density at radius 1 is 1.32 bits per heavy atom. The minimum absolute atomic E-state index is 0.206. The lowest BCUT2D eigenvalue weighted by Gasteiger charge is -2.15. The molecule has 0 aliphatic carbocycles. The van der Waals surface area contributed by atoms with Crippen LogP contribution in [0, 0.1) is 5.92 Å². The highest BCUT2D eigenvalue weighted by molar-refractivity contribution is 6.30. The molecule has 2 heterocycles. The molecule has 0 bridgehead atoms. The summed E-state index contributed by atoms with van der Waals surface area (Å²) in [6, 6.07) is 7.08. The number of likely N-dealkylation sites (tertiary alicyclic amines) is 1. The van der Waals surface area contributed by atoms with Gasteiger partial charge in [-0.15, -0.1) is 0 Å². The molecule has 6 nitrogen and oxygen atoms in total. The number of benzene rings is 1. The van der Waals surface area contributed by atoms with Crippen LogP contribution in [0.3, 0.4) is 0 Å². The highest BCUT2D eigenvalue weighted by Gasteiger charge is 2.32. The van der Waals surface area contributed by atoms with Gasteiger partial charge < -0.3 is 10.0 Å². The van der Waals surface area contributed by atoms with Gasteiger partial charge in [0.2, 0.25) is 0 Å². The fourth-order valence-corrected chi connectivity index (χ4v) is 2.73. The zero-order valence-electron chi connectivity index (χ0n) is 11.6. The van der Waals surface area contributed by atoms with Gasteiger partial charge in [-0.05, 0) is 18.6 Å². The van der Waals surface area contributed by atoms with Gasteiger partial charge in [-0.2, -0.15) is 5.10 Å². The average molecular weight is 320 g/mol. The first kappa shape index (κ1) is 14.6. The second-order valence-electron chi connectivity index (χ2n) is 5.24. The van der Waals surface area contributed by atoms with Gasteiger partial charge in [-0.3, -0.25) is 14.7 Å². The Morgan fingerprint density at radius 3 is 2.68 bits per heavy atom. The maximum Gasteiger partial charge on any atom is 0.308 e. The number of aromatic amines is 1. The summed E-state index contributed by atoms with van der Waals surface area (Å²) in [7, 11) is 0. The van der Waals surface area contributed by atoms with E-state index in [4.69, 9.17) is 16.7 Å². The van der Waals surface area contributed by atoms with Crippen LogP contribution in [-0.2, 0) is 4.79 Å². The standard InChI is InChI=1S/C15H14ClN3O3/c16-11-3-1-9(2-4-11)13-12(7-17-18-13)14(20)19-6-5-10(8-19)15(21)22/h1-4,7,10H,5-6,8H2,(H,17,18)(H,21,22)/t10-/m1/s1. The first-order chi connectivity index (χ1) is 10.6. The van der Waals surface area contributed by atoms with Crippen molar-refractivity contribution in [3.05, 3.63) is 41.0 Å². The average Bonchev–Trinajstić information content (AvgIpc) is 3.17. The summed E-state index contributed by atoms with van der Waals surface area (Å²) >= 11 is 5.87. The Kier molecular flexibility index (Phi) is 3.85. The number of H-pyrrole nitrogens is 1. The molecule has 7 heteroatoms. The van der Waals surface area contributed by atoms with E-state index in [2.05, 4.69) is 10.2 Å². The number of hydrogen-bond acceptors (Lipinski definition) is 3. The molecule has 1 aliphatic rings. The lowest BCUT2D eigenvalue weighted by atomic mass is 10.1. The van der Waals surface area contributed by atoms with Gasteiger partial charge in [0.05, 0.1) is 23.4 Å². The number of carbonyl (C=O) groups excluding carboxylic acids is 1. The quantitative estimate of drug-likeness (QED) is 0.908. The van der Waals surface area contributed by atoms with Crippen LogP contribution in [-0.4, -0.2) is 45.2 Å². The summed E-state index contributed by atoms with van der Waals surface area (Å²) in [6.07, 6.45) is 1.95. The van der Waals surface area contributed by atoms with E-state index < -0.39 is 11.9 Å². The third-order valence-corrected chi connectivity index (χ3v) is 4.08. The minimum atomic E-state index is -0.861. The van der Waals surface area contributed by atoms with Gasteiger partial charge in [0.1, 0.15) is 0 Å². The summed E-state index contributed by atoms with van der Waals surface area (Å²) in [4.78, 5) is 25.2. The summed E-state index contributed by atoms with van der Waals surface area (Å²) in [5.41, 5.74) is 1.85. The molecular formula is C15H14ClN3O3. The van der Waals surface area contributed by atoms with Gasteiger partial charge in [0.15, 0.2) is 0 Å². The van der Waals surface area contributed by atoms with Crippen LogP contribution < -0.4 is 0 Å². The number of nitrogens with one attached hydrogen (secondary N) is 1. The second kappa shape index (κ2) is 5.81. The predicted molar refractivity (Wildman–Crippen MR) is 80.7 cm³/mol. The highest BCUT2D eigenvalue weighted by atomic mass is 35.5. The van der Waals surface area contributed by atoms with Crippen LogP contribution in [0.25, 0.3) is 11.3 Å². The smallest absolute Gasteiger partial charge is 0.308 e. The lowest BCUT2D eigenvalue weighted by molar-refractivity contribution is -0.141. The Balaban J connectivity index is 1.84. The third-order valence-electron chi connectivity index (χ3n) is 3.83. The molecule has 2 aromatic rings. The van der Waals surface area contributed by atoms with E-state index in [1.165, 1.54) is 6.20 Å². The number of halogens is 1. The normalized spacial score (nSPS) is 17.7. The van der Waals surface area contributed by atoms with Gasteiger partial charge in [0, 0.05) is 23.7 Å². The van der Waals surface area contributed by atoms with Gasteiger partial charge in [0.25, 0.3) is 5.91 Å². The minimum Gasteiger partial charge on any atom is -0.481 e. The molecule has 0 saturated carbocycles. The van der Waals surface area contributed by atoms with Crippen LogP contribution in [0.1, 0.15) is 16.8 Å². The first-order valence-corrected chi connectivity index (χ1v) is 7.25. The van der Waals surface area contributed by atoms with Crippen molar-refractivity contribution in [2.45, 2.75) is 6.42 Å². The van der Waals surface area contributed by atoms with Gasteiger partial charge in [-0.25, -0.2) is 0 Å². The van der Waals surface area contributed by atoms with Crippen molar-refractivity contribution < 1.29 is 14.7 Å². The third kappa shape index (κ3) is 2.69. The molecule has 1 aliphatic heterocycles. The van der Waals surface area contributed by atoms with Gasteiger partial charge >= 0.3 is 5.97 Å². The van der Waals surface area contributed by atoms with Crippen molar-refractivity contribution >= 4 is 23.5 Å². The number of aliphatic carboxylic acids is 1. The molecule has 1 saturated heterocycles. The van der Waals surface area contributed by atoms with E-state index in [1.807, 2.05) is 0 Å². The Hall–Kier alpha value is -2.34. The van der Waals surface area contributed by atoms with E-state index in [1.54, 1.807) is 29.2 Å². The Bertz CT molecular complexity index is 711. The monoisotopic (exact) mass is 319 g/mol. The molecule has 114 valence electrons. The van der Waals surface area contributed by atoms with Crippen molar-refractivity contribution in [3.63, 3.8) is 0 Å². The zero-order chi connectivity index (χ0) is 15.7. The number of carboxylic acid groups (broad SMARTS) is 1. The largest absolute Gasteiger partial charge is 0.481 e. The van der Waals surface area contributed by atoms with E-state index >= 15 is 0 Å². The van der Waals surface area contributed by atoms with Crippen LogP contribution in [0.5, 0.6) is 0 Å². The maximum absolute atomic E-state index is 12.6. The van der Waals surface area contributed by atoms with Crippen LogP contribution in [0.4, 0.5) is 0 Å². The van der Waals surface area contributed by atoms with Gasteiger partial charge in [-0.1, -0.05) is 23.7 Å². The number of nitrogens with zero attached hydrogens (tertiary/aromatic N) is 2. The topological polar surface area (TPSA) is 86.3 Å². The number of amides is 1. The van der Waals surface area contributed by atoms with Crippen molar-refractivity contribution in [3.8, 4) is 11.3 Å². The number of carbonyl (C=O) groups is 2. The van der Waals surface area contributed by atoms with Crippen molar-refractivity contribution in [1.29, 1.82) is 0 Å². The van der Waals surface area contributed by atoms with E-state index in [0.29, 0.717) is 29.2 Å². The van der Waals surface area contributed by atoms with Crippen molar-refractivity contribution in [1.82, 2.24) is 15.1 Å². The summed E-state index contributed by atoms with van der Waals surface area (Å²) < 4.78 is 0. The molecule has 2 N–H and O–H groups in total. The second-order valence-corrected chi connectivity index (χ2v) is 5.68. The molecule has 3 rings (SSSR count). The van der Waals surface area contributed by atoms with E-state index in [-0.39, 0.29) is 12.5 Å². The first-order valence-electron chi connectivity index (χ1n) is 6.87. The van der Waals surface area contributed by atoms with Crippen molar-refractivity contribution in [2.75, 3.05) is 13.1 Å². The molecule has 1 amide bonds. The van der Waals surface area contributed by atoms with Crippen LogP contribution >= 0.6 is 11.6 Å². The molecule has 0 spiro atoms. The highest BCUT2D eigenvalue weighted by Crippen LogP contribution is 2.26. The molecule has 0 unspecified atom stereocenters. The maximum atomic E-state index is 12.6. The van der Waals surface area contributed by atoms with Crippen molar-refractivity contribution in [2.24, 2.45) is 5.92 Å². The van der Waals surface area contributed by atoms with E-state index in [9.17, 15) is 9.59 Å². The molecule has 1 fully saturated rings. The predicted octanol–water partition coefficient (Wildman–Crippen LogP) is 2.28. The number of carboxylic acids is 1. The SMILES string of the molecule is O=C(O)[C@@H]1CCN(C(=O)c2cn[nH]c2-c2ccc(Cl)cc2)C1. The molecule has 0 radical (unpaired) electrons. The summed E-state index contributed by atoms with van der Waals surface area (Å²) in [6.45, 7) is 0.681. The van der Waals surface area contributed by atoms with Crippen LogP contribution in [0.15, 0.2) is 30.5 Å². The Morgan fingerprint density at radius 2 is 2.05 bits per heavy atom. The molecular weight excluding hydrogens is 306 g/mol. The zero-order valence-corrected chi connectivity index (χ0v) is 12.4. The lowest BCUT2D eigenvalue weighted by Crippen LogP contribution is -2.30. The molecule has 1 atom stereocenters. The number of aromatic nitrogens is 2. The Labute approximate surface area is 131 Å². The van der Waals surface area contributed by atoms with Crippen LogP contribution in [0.2, 0.25) is 5.02 Å². The summed E-state index contributed by atoms with van der Waals surface area (Å²) in [5.74, 6) is -1.56. The van der Waals surface area contributed by atoms with E-state index in [0.717, 1.165) is 5.56 Å². The molecule has 1 aromatic carbocycles. The molecule has 22 heavy (non-hydrogen) atoms. The number of hydrogen-bond donors (Lipinski definition) is 2. The molecule has 1 aromatic heterocycles.